The molecule has 2 aromatic carbocycles. The lowest BCUT2D eigenvalue weighted by molar-refractivity contribution is 0.202. The summed E-state index contributed by atoms with van der Waals surface area (Å²) < 4.78 is 10.7. The van der Waals surface area contributed by atoms with Crippen molar-refractivity contribution in [3.63, 3.8) is 0 Å². The van der Waals surface area contributed by atoms with Crippen LogP contribution in [0.3, 0.4) is 0 Å². The van der Waals surface area contributed by atoms with Crippen LogP contribution in [0.1, 0.15) is 27.1 Å². The van der Waals surface area contributed by atoms with Gasteiger partial charge in [-0.2, -0.15) is 0 Å². The highest BCUT2D eigenvalue weighted by molar-refractivity contribution is 9.09. The maximum absolute atomic E-state index is 5.56. The maximum Gasteiger partial charge on any atom is 0.122 e. The van der Waals surface area contributed by atoms with Crippen molar-refractivity contribution in [1.82, 2.24) is 0 Å². The maximum atomic E-state index is 5.56. The molecule has 2 nitrogen and oxygen atoms in total. The second-order valence-electron chi connectivity index (χ2n) is 5.31. The van der Waals surface area contributed by atoms with E-state index in [0.29, 0.717) is 0 Å². The number of benzene rings is 2. The molecule has 0 amide bonds. The van der Waals surface area contributed by atoms with E-state index in [1.54, 1.807) is 7.11 Å². The van der Waals surface area contributed by atoms with Crippen molar-refractivity contribution in [2.45, 2.75) is 17.7 Å². The van der Waals surface area contributed by atoms with Crippen molar-refractivity contribution in [3.05, 3.63) is 64.7 Å². The zero-order valence-electron chi connectivity index (χ0n) is 12.1. The molecule has 1 aliphatic rings. The standard InChI is InChI=1S/C18H19BrO2/c1-20-10-8-13-2-4-14(5-3-13)18(19)16-6-7-17-15(12-16)9-11-21-17/h2-7,12,18H,8-11H2,1H3. The van der Waals surface area contributed by atoms with Crippen LogP contribution >= 0.6 is 15.9 Å². The van der Waals surface area contributed by atoms with E-state index >= 15 is 0 Å². The Kier molecular flexibility index (Phi) is 4.61. The SMILES string of the molecule is COCCc1ccc(C(Br)c2ccc3c(c2)CCO3)cc1. The molecule has 3 rings (SSSR count). The number of hydrogen-bond acceptors (Lipinski definition) is 2. The van der Waals surface area contributed by atoms with Gasteiger partial charge in [0, 0.05) is 13.5 Å². The third kappa shape index (κ3) is 3.30. The minimum absolute atomic E-state index is 0.222. The third-order valence-electron chi connectivity index (χ3n) is 3.87. The predicted molar refractivity (Wildman–Crippen MR) is 88.4 cm³/mol. The van der Waals surface area contributed by atoms with Crippen LogP contribution in [-0.2, 0) is 17.6 Å². The summed E-state index contributed by atoms with van der Waals surface area (Å²) in [6.45, 7) is 1.57. The molecule has 0 fully saturated rings. The van der Waals surface area contributed by atoms with Gasteiger partial charge in [0.2, 0.25) is 0 Å². The van der Waals surface area contributed by atoms with Crippen LogP contribution in [0.15, 0.2) is 42.5 Å². The Labute approximate surface area is 134 Å². The number of rotatable bonds is 5. The van der Waals surface area contributed by atoms with E-state index in [0.717, 1.165) is 31.8 Å². The summed E-state index contributed by atoms with van der Waals surface area (Å²) in [5, 5.41) is 0. The van der Waals surface area contributed by atoms with Crippen molar-refractivity contribution in [2.24, 2.45) is 0 Å². The van der Waals surface area contributed by atoms with Gasteiger partial charge in [0.15, 0.2) is 0 Å². The molecule has 0 saturated heterocycles. The number of alkyl halides is 1. The molecule has 1 heterocycles. The molecule has 0 bridgehead atoms. The van der Waals surface area contributed by atoms with Gasteiger partial charge >= 0.3 is 0 Å². The number of fused-ring (bicyclic) bond motifs is 1. The van der Waals surface area contributed by atoms with Crippen molar-refractivity contribution in [3.8, 4) is 5.75 Å². The zero-order chi connectivity index (χ0) is 14.7. The molecule has 0 spiro atoms. The summed E-state index contributed by atoms with van der Waals surface area (Å²) in [5.41, 5.74) is 5.18. The van der Waals surface area contributed by atoms with Crippen LogP contribution < -0.4 is 4.74 Å². The van der Waals surface area contributed by atoms with E-state index in [2.05, 4.69) is 58.4 Å². The van der Waals surface area contributed by atoms with Gasteiger partial charge in [-0.3, -0.25) is 0 Å². The average molecular weight is 347 g/mol. The first kappa shape index (κ1) is 14.6. The van der Waals surface area contributed by atoms with E-state index in [-0.39, 0.29) is 4.83 Å². The average Bonchev–Trinajstić information content (AvgIpc) is 3.00. The molecular formula is C18H19BrO2. The smallest absolute Gasteiger partial charge is 0.122 e. The van der Waals surface area contributed by atoms with Gasteiger partial charge in [-0.15, -0.1) is 0 Å². The summed E-state index contributed by atoms with van der Waals surface area (Å²) in [7, 11) is 1.74. The number of halogens is 1. The van der Waals surface area contributed by atoms with E-state index in [1.807, 2.05) is 0 Å². The van der Waals surface area contributed by atoms with E-state index in [4.69, 9.17) is 9.47 Å². The van der Waals surface area contributed by atoms with E-state index in [9.17, 15) is 0 Å². The summed E-state index contributed by atoms with van der Waals surface area (Å²) in [6.07, 6.45) is 1.97. The Morgan fingerprint density at radius 1 is 1.14 bits per heavy atom. The Morgan fingerprint density at radius 3 is 2.67 bits per heavy atom. The van der Waals surface area contributed by atoms with Crippen molar-refractivity contribution in [1.29, 1.82) is 0 Å². The molecule has 1 aliphatic heterocycles. The summed E-state index contributed by atoms with van der Waals surface area (Å²) in [4.78, 5) is 0.222. The van der Waals surface area contributed by atoms with Gasteiger partial charge in [0.05, 0.1) is 18.0 Å². The number of ether oxygens (including phenoxy) is 2. The van der Waals surface area contributed by atoms with Crippen LogP contribution in [0, 0.1) is 0 Å². The molecule has 2 aromatic rings. The zero-order valence-corrected chi connectivity index (χ0v) is 13.7. The van der Waals surface area contributed by atoms with Gasteiger partial charge in [-0.1, -0.05) is 52.3 Å². The Morgan fingerprint density at radius 2 is 1.90 bits per heavy atom. The second-order valence-corrected chi connectivity index (χ2v) is 6.23. The van der Waals surface area contributed by atoms with Crippen LogP contribution in [0.5, 0.6) is 5.75 Å². The Bertz CT molecular complexity index is 607. The van der Waals surface area contributed by atoms with Crippen LogP contribution in [0.2, 0.25) is 0 Å². The lowest BCUT2D eigenvalue weighted by Crippen LogP contribution is -1.97. The minimum atomic E-state index is 0.222. The van der Waals surface area contributed by atoms with Gasteiger partial charge < -0.3 is 9.47 Å². The largest absolute Gasteiger partial charge is 0.493 e. The summed E-state index contributed by atoms with van der Waals surface area (Å²) in [5.74, 6) is 1.04. The van der Waals surface area contributed by atoms with Crippen LogP contribution in [-0.4, -0.2) is 20.3 Å². The third-order valence-corrected chi connectivity index (χ3v) is 4.93. The quantitative estimate of drug-likeness (QED) is 0.751. The normalized spacial score (nSPS) is 14.6. The first-order chi connectivity index (χ1) is 10.3. The molecule has 110 valence electrons. The van der Waals surface area contributed by atoms with Crippen molar-refractivity contribution < 1.29 is 9.47 Å². The van der Waals surface area contributed by atoms with Crippen LogP contribution in [0.4, 0.5) is 0 Å². The lowest BCUT2D eigenvalue weighted by Gasteiger charge is -2.13. The lowest BCUT2D eigenvalue weighted by atomic mass is 10.0. The highest BCUT2D eigenvalue weighted by atomic mass is 79.9. The van der Waals surface area contributed by atoms with Gasteiger partial charge in [-0.05, 0) is 34.7 Å². The fraction of sp³-hybridized carbons (Fsp3) is 0.333. The van der Waals surface area contributed by atoms with Crippen LogP contribution in [0.25, 0.3) is 0 Å². The van der Waals surface area contributed by atoms with Gasteiger partial charge in [0.25, 0.3) is 0 Å². The molecule has 1 unspecified atom stereocenters. The number of methoxy groups -OCH3 is 1. The van der Waals surface area contributed by atoms with Gasteiger partial charge in [0.1, 0.15) is 5.75 Å². The molecule has 3 heteroatoms. The van der Waals surface area contributed by atoms with E-state index < -0.39 is 0 Å². The molecular weight excluding hydrogens is 328 g/mol. The summed E-state index contributed by atoms with van der Waals surface area (Å²) >= 11 is 3.81. The molecule has 0 aliphatic carbocycles. The molecule has 0 saturated carbocycles. The highest BCUT2D eigenvalue weighted by Gasteiger charge is 2.16. The predicted octanol–water partition coefficient (Wildman–Crippen LogP) is 4.29. The summed E-state index contributed by atoms with van der Waals surface area (Å²) in [6, 6.07) is 15.2. The molecule has 1 atom stereocenters. The molecule has 0 radical (unpaired) electrons. The first-order valence-corrected chi connectivity index (χ1v) is 8.17. The van der Waals surface area contributed by atoms with Crippen molar-refractivity contribution in [2.75, 3.05) is 20.3 Å². The molecule has 21 heavy (non-hydrogen) atoms. The highest BCUT2D eigenvalue weighted by Crippen LogP contribution is 2.35. The monoisotopic (exact) mass is 346 g/mol. The number of hydrogen-bond donors (Lipinski definition) is 0. The van der Waals surface area contributed by atoms with Crippen molar-refractivity contribution >= 4 is 15.9 Å². The van der Waals surface area contributed by atoms with Gasteiger partial charge in [-0.25, -0.2) is 0 Å². The molecule has 0 aromatic heterocycles. The fourth-order valence-corrected chi connectivity index (χ4v) is 3.22. The fourth-order valence-electron chi connectivity index (χ4n) is 2.63. The second kappa shape index (κ2) is 6.63. The molecule has 0 N–H and O–H groups in total. The minimum Gasteiger partial charge on any atom is -0.493 e. The first-order valence-electron chi connectivity index (χ1n) is 7.25. The topological polar surface area (TPSA) is 18.5 Å². The van der Waals surface area contributed by atoms with E-state index in [1.165, 1.54) is 22.3 Å². The Balaban J connectivity index is 1.76. The Hall–Kier alpha value is -1.32.